The topological polar surface area (TPSA) is 38.3 Å². The second kappa shape index (κ2) is 8.23. The predicted molar refractivity (Wildman–Crippen MR) is 78.5 cm³/mol. The molecule has 0 amide bonds. The van der Waals surface area contributed by atoms with Crippen molar-refractivity contribution >= 4 is 5.78 Å². The van der Waals surface area contributed by atoms with Crippen LogP contribution in [0.25, 0.3) is 0 Å². The Morgan fingerprint density at radius 3 is 2.68 bits per heavy atom. The molecule has 0 aromatic carbocycles. The number of ketones is 1. The van der Waals surface area contributed by atoms with Crippen molar-refractivity contribution in [2.24, 2.45) is 11.8 Å². The van der Waals surface area contributed by atoms with Crippen molar-refractivity contribution in [3.8, 4) is 0 Å². The fraction of sp³-hybridized carbons (Fsp3) is 0.812. The van der Waals surface area contributed by atoms with Gasteiger partial charge >= 0.3 is 0 Å². The minimum atomic E-state index is 0.115. The van der Waals surface area contributed by atoms with E-state index in [1.54, 1.807) is 0 Å². The first-order valence-electron chi connectivity index (χ1n) is 7.89. The summed E-state index contributed by atoms with van der Waals surface area (Å²) >= 11 is 0. The van der Waals surface area contributed by atoms with Crippen LogP contribution in [0, 0.1) is 11.8 Å². The molecule has 1 aliphatic carbocycles. The van der Waals surface area contributed by atoms with Crippen LogP contribution in [0.5, 0.6) is 0 Å². The molecule has 0 spiro atoms. The Kier molecular flexibility index (Phi) is 6.96. The van der Waals surface area contributed by atoms with Gasteiger partial charge in [0, 0.05) is 30.9 Å². The lowest BCUT2D eigenvalue weighted by Crippen LogP contribution is -2.29. The van der Waals surface area contributed by atoms with E-state index in [4.69, 9.17) is 4.74 Å². The van der Waals surface area contributed by atoms with E-state index in [2.05, 4.69) is 19.2 Å². The number of hydrogen-bond donors (Lipinski definition) is 1. The van der Waals surface area contributed by atoms with E-state index in [1.165, 1.54) is 0 Å². The third-order valence-corrected chi connectivity index (χ3v) is 3.89. The zero-order chi connectivity index (χ0) is 14.3. The molecule has 1 heterocycles. The number of nitrogens with one attached hydrogen (secondary N) is 1. The lowest BCUT2D eigenvalue weighted by molar-refractivity contribution is -0.122. The lowest BCUT2D eigenvalue weighted by atomic mass is 9.97. The molecular weight excluding hydrogens is 238 g/mol. The molecule has 3 nitrogen and oxygen atoms in total. The summed E-state index contributed by atoms with van der Waals surface area (Å²) in [4.78, 5) is 11.9. The first kappa shape index (κ1) is 16.1. The Morgan fingerprint density at radius 2 is 2.11 bits per heavy atom. The minimum absolute atomic E-state index is 0.115. The average molecular weight is 267 g/mol. The smallest absolute Gasteiger partial charge is 0.172 e. The molecule has 2 rings (SSSR count). The zero-order valence-corrected chi connectivity index (χ0v) is 12.9. The largest absolute Gasteiger partial charge is 0.473 e. The van der Waals surface area contributed by atoms with Gasteiger partial charge in [0.15, 0.2) is 6.23 Å². The van der Waals surface area contributed by atoms with Crippen LogP contribution in [0.2, 0.25) is 0 Å². The number of rotatable bonds is 5. The first-order valence-corrected chi connectivity index (χ1v) is 7.89. The van der Waals surface area contributed by atoms with Crippen LogP contribution in [0.4, 0.5) is 0 Å². The molecule has 1 N–H and O–H groups in total. The molecule has 1 aliphatic heterocycles. The molecular formula is C16H29NO2. The molecule has 3 unspecified atom stereocenters. The van der Waals surface area contributed by atoms with E-state index in [-0.39, 0.29) is 12.1 Å². The molecule has 2 aliphatic rings. The van der Waals surface area contributed by atoms with E-state index in [9.17, 15) is 4.79 Å². The summed E-state index contributed by atoms with van der Waals surface area (Å²) < 4.78 is 5.82. The summed E-state index contributed by atoms with van der Waals surface area (Å²) in [6.45, 7) is 8.17. The number of hydrogen-bond acceptors (Lipinski definition) is 3. The van der Waals surface area contributed by atoms with Gasteiger partial charge in [-0.1, -0.05) is 27.7 Å². The van der Waals surface area contributed by atoms with Gasteiger partial charge in [0.05, 0.1) is 0 Å². The summed E-state index contributed by atoms with van der Waals surface area (Å²) in [7, 11) is 0. The van der Waals surface area contributed by atoms with Gasteiger partial charge in [-0.2, -0.15) is 0 Å². The number of allylic oxidation sites excluding steroid dienone is 1. The Hall–Kier alpha value is -0.990. The highest BCUT2D eigenvalue weighted by Gasteiger charge is 2.36. The average Bonchev–Trinajstić information content (AvgIpc) is 3.10. The Bertz CT molecular complexity index is 312. The SMILES string of the molecule is CC.CCCC(=O)C1CCC(C2NC=C(CC)O2)C1. The van der Waals surface area contributed by atoms with Crippen LogP contribution in [0.15, 0.2) is 12.0 Å². The van der Waals surface area contributed by atoms with Gasteiger partial charge < -0.3 is 10.1 Å². The molecule has 0 aromatic heterocycles. The van der Waals surface area contributed by atoms with E-state index in [0.717, 1.165) is 44.3 Å². The minimum Gasteiger partial charge on any atom is -0.473 e. The van der Waals surface area contributed by atoms with Gasteiger partial charge in [0.1, 0.15) is 11.5 Å². The second-order valence-electron chi connectivity index (χ2n) is 5.16. The summed E-state index contributed by atoms with van der Waals surface area (Å²) in [5, 5.41) is 3.30. The number of carbonyl (C=O) groups is 1. The van der Waals surface area contributed by atoms with Crippen LogP contribution in [-0.4, -0.2) is 12.0 Å². The van der Waals surface area contributed by atoms with Gasteiger partial charge in [0.2, 0.25) is 0 Å². The van der Waals surface area contributed by atoms with E-state index in [1.807, 2.05) is 20.0 Å². The third kappa shape index (κ3) is 4.26. The van der Waals surface area contributed by atoms with Gasteiger partial charge in [0.25, 0.3) is 0 Å². The Balaban J connectivity index is 0.000000861. The van der Waals surface area contributed by atoms with Crippen LogP contribution in [0.1, 0.15) is 66.2 Å². The Morgan fingerprint density at radius 1 is 1.37 bits per heavy atom. The van der Waals surface area contributed by atoms with Crippen molar-refractivity contribution in [2.75, 3.05) is 0 Å². The van der Waals surface area contributed by atoms with Crippen molar-refractivity contribution in [3.05, 3.63) is 12.0 Å². The van der Waals surface area contributed by atoms with Crippen LogP contribution in [-0.2, 0) is 9.53 Å². The molecule has 1 fully saturated rings. The number of ether oxygens (including phenoxy) is 1. The monoisotopic (exact) mass is 267 g/mol. The van der Waals surface area contributed by atoms with Crippen molar-refractivity contribution < 1.29 is 9.53 Å². The standard InChI is InChI=1S/C14H23NO2.C2H6/c1-3-5-13(16)10-6-7-11(8-10)14-15-9-12(4-2)17-14;1-2/h9-11,14-15H,3-8H2,1-2H3;1-2H3. The maximum Gasteiger partial charge on any atom is 0.172 e. The number of Topliss-reactive ketones (excluding diaryl/α,β-unsaturated/α-hetero) is 1. The molecule has 3 heteroatoms. The molecule has 19 heavy (non-hydrogen) atoms. The normalized spacial score (nSPS) is 28.8. The number of carbonyl (C=O) groups excluding carboxylic acids is 1. The molecule has 3 atom stereocenters. The highest BCUT2D eigenvalue weighted by molar-refractivity contribution is 5.81. The molecule has 0 saturated heterocycles. The van der Waals surface area contributed by atoms with Crippen molar-refractivity contribution in [3.63, 3.8) is 0 Å². The van der Waals surface area contributed by atoms with Crippen molar-refractivity contribution in [1.82, 2.24) is 5.32 Å². The maximum atomic E-state index is 11.9. The van der Waals surface area contributed by atoms with Crippen molar-refractivity contribution in [1.29, 1.82) is 0 Å². The quantitative estimate of drug-likeness (QED) is 0.818. The summed E-state index contributed by atoms with van der Waals surface area (Å²) in [6.07, 6.45) is 7.91. The highest BCUT2D eigenvalue weighted by atomic mass is 16.5. The van der Waals surface area contributed by atoms with Crippen LogP contribution < -0.4 is 5.32 Å². The zero-order valence-electron chi connectivity index (χ0n) is 12.9. The predicted octanol–water partition coefficient (Wildman–Crippen LogP) is 4.00. The van der Waals surface area contributed by atoms with Crippen molar-refractivity contribution in [2.45, 2.75) is 72.4 Å². The molecule has 0 aromatic rings. The van der Waals surface area contributed by atoms with Gasteiger partial charge in [-0.3, -0.25) is 4.79 Å². The highest BCUT2D eigenvalue weighted by Crippen LogP contribution is 2.36. The molecule has 0 bridgehead atoms. The van der Waals surface area contributed by atoms with E-state index < -0.39 is 0 Å². The van der Waals surface area contributed by atoms with Crippen LogP contribution in [0.3, 0.4) is 0 Å². The van der Waals surface area contributed by atoms with Gasteiger partial charge in [-0.15, -0.1) is 0 Å². The van der Waals surface area contributed by atoms with Crippen LogP contribution >= 0.6 is 0 Å². The summed E-state index contributed by atoms with van der Waals surface area (Å²) in [6, 6.07) is 0. The second-order valence-corrected chi connectivity index (χ2v) is 5.16. The molecule has 0 radical (unpaired) electrons. The fourth-order valence-corrected chi connectivity index (χ4v) is 2.86. The van der Waals surface area contributed by atoms with E-state index >= 15 is 0 Å². The Labute approximate surface area is 117 Å². The third-order valence-electron chi connectivity index (χ3n) is 3.89. The lowest BCUT2D eigenvalue weighted by Gasteiger charge is -2.20. The molecule has 110 valence electrons. The van der Waals surface area contributed by atoms with E-state index in [0.29, 0.717) is 11.7 Å². The van der Waals surface area contributed by atoms with Gasteiger partial charge in [-0.25, -0.2) is 0 Å². The van der Waals surface area contributed by atoms with Gasteiger partial charge in [-0.05, 0) is 25.7 Å². The maximum absolute atomic E-state index is 11.9. The fourth-order valence-electron chi connectivity index (χ4n) is 2.86. The summed E-state index contributed by atoms with van der Waals surface area (Å²) in [5.41, 5.74) is 0. The summed E-state index contributed by atoms with van der Waals surface area (Å²) in [5.74, 6) is 2.28. The first-order chi connectivity index (χ1) is 9.24. The molecule has 1 saturated carbocycles.